The third-order valence-electron chi connectivity index (χ3n) is 5.65. The molecule has 0 radical (unpaired) electrons. The molecule has 10 heteroatoms. The second-order valence-corrected chi connectivity index (χ2v) is 9.61. The molecule has 0 aromatic heterocycles. The Morgan fingerprint density at radius 3 is 2.45 bits per heavy atom. The van der Waals surface area contributed by atoms with Crippen LogP contribution in [0.2, 0.25) is 0 Å². The van der Waals surface area contributed by atoms with Gasteiger partial charge >= 0.3 is 6.03 Å². The zero-order chi connectivity index (χ0) is 22.2. The van der Waals surface area contributed by atoms with Crippen molar-refractivity contribution in [1.29, 1.82) is 0 Å². The van der Waals surface area contributed by atoms with E-state index in [1.54, 1.807) is 36.4 Å². The maximum Gasteiger partial charge on any atom is 0.325 e. The highest BCUT2D eigenvalue weighted by atomic mass is 32.2. The van der Waals surface area contributed by atoms with Crippen molar-refractivity contribution in [1.82, 2.24) is 10.2 Å². The number of imide groups is 1. The molecule has 1 saturated carbocycles. The minimum Gasteiger partial charge on any atom is -0.324 e. The summed E-state index contributed by atoms with van der Waals surface area (Å²) in [6.45, 7) is -0.437. The lowest BCUT2D eigenvalue weighted by atomic mass is 9.77. The number of hydrogen-bond acceptors (Lipinski definition) is 5. The Balaban J connectivity index is 1.47. The van der Waals surface area contributed by atoms with Crippen LogP contribution in [0.25, 0.3) is 0 Å². The van der Waals surface area contributed by atoms with Gasteiger partial charge in [0.2, 0.25) is 5.91 Å². The summed E-state index contributed by atoms with van der Waals surface area (Å²) >= 11 is 0. The highest BCUT2D eigenvalue weighted by molar-refractivity contribution is 7.92. The first kappa shape index (κ1) is 20.9. The van der Waals surface area contributed by atoms with Gasteiger partial charge in [0.1, 0.15) is 12.1 Å². The topological polar surface area (TPSA) is 116 Å². The zero-order valence-electron chi connectivity index (χ0n) is 16.9. The second kappa shape index (κ2) is 7.69. The first-order valence-electron chi connectivity index (χ1n) is 9.81. The summed E-state index contributed by atoms with van der Waals surface area (Å²) in [4.78, 5) is 37.9. The minimum atomic E-state index is -3.85. The molecule has 0 unspecified atom stereocenters. The van der Waals surface area contributed by atoms with E-state index >= 15 is 0 Å². The van der Waals surface area contributed by atoms with Gasteiger partial charge in [-0.15, -0.1) is 0 Å². The van der Waals surface area contributed by atoms with Crippen LogP contribution in [0.15, 0.2) is 59.5 Å². The van der Waals surface area contributed by atoms with E-state index in [2.05, 4.69) is 10.6 Å². The van der Waals surface area contributed by atoms with Gasteiger partial charge < -0.3 is 10.6 Å². The molecule has 1 heterocycles. The molecule has 2 aromatic carbocycles. The predicted molar refractivity (Wildman–Crippen MR) is 114 cm³/mol. The number of carbonyl (C=O) groups is 3. The predicted octanol–water partition coefficient (Wildman–Crippen LogP) is 1.92. The van der Waals surface area contributed by atoms with E-state index in [1.165, 1.54) is 25.2 Å². The van der Waals surface area contributed by atoms with Gasteiger partial charge in [0.05, 0.1) is 10.6 Å². The maximum atomic E-state index is 13.0. The van der Waals surface area contributed by atoms with Gasteiger partial charge in [-0.3, -0.25) is 18.8 Å². The van der Waals surface area contributed by atoms with Crippen molar-refractivity contribution in [3.8, 4) is 0 Å². The lowest BCUT2D eigenvalue weighted by Crippen LogP contribution is -2.52. The normalized spacial score (nSPS) is 17.3. The van der Waals surface area contributed by atoms with Gasteiger partial charge in [-0.1, -0.05) is 24.3 Å². The molecule has 1 spiro atoms. The molecule has 31 heavy (non-hydrogen) atoms. The fourth-order valence-electron chi connectivity index (χ4n) is 3.70. The molecule has 2 fully saturated rings. The maximum absolute atomic E-state index is 13.0. The van der Waals surface area contributed by atoms with Crippen LogP contribution >= 0.6 is 0 Å². The smallest absolute Gasteiger partial charge is 0.324 e. The van der Waals surface area contributed by atoms with Crippen LogP contribution in [-0.2, 0) is 19.6 Å². The lowest BCUT2D eigenvalue weighted by molar-refractivity contribution is -0.136. The van der Waals surface area contributed by atoms with Crippen molar-refractivity contribution in [3.05, 3.63) is 54.6 Å². The number of nitrogens with zero attached hydrogens (tertiary/aromatic N) is 2. The summed E-state index contributed by atoms with van der Waals surface area (Å²) in [5, 5.41) is 5.23. The quantitative estimate of drug-likeness (QED) is 0.663. The average Bonchev–Trinajstić information content (AvgIpc) is 2.99. The Kier molecular flexibility index (Phi) is 5.18. The van der Waals surface area contributed by atoms with Crippen LogP contribution in [0.4, 0.5) is 16.2 Å². The third-order valence-corrected chi connectivity index (χ3v) is 7.43. The van der Waals surface area contributed by atoms with Gasteiger partial charge in [0, 0.05) is 12.7 Å². The number of urea groups is 1. The Hall–Kier alpha value is -3.40. The molecule has 2 aliphatic rings. The number of anilines is 2. The molecule has 162 valence electrons. The van der Waals surface area contributed by atoms with E-state index in [0.717, 1.165) is 15.6 Å². The van der Waals surface area contributed by atoms with Crippen LogP contribution in [0.5, 0.6) is 0 Å². The Labute approximate surface area is 180 Å². The van der Waals surface area contributed by atoms with Gasteiger partial charge in [-0.05, 0) is 49.6 Å². The Morgan fingerprint density at radius 2 is 1.84 bits per heavy atom. The molecule has 2 N–H and O–H groups in total. The van der Waals surface area contributed by atoms with Crippen LogP contribution in [0, 0.1) is 0 Å². The van der Waals surface area contributed by atoms with Crippen molar-refractivity contribution < 1.29 is 22.8 Å². The van der Waals surface area contributed by atoms with Gasteiger partial charge in [0.25, 0.3) is 15.9 Å². The van der Waals surface area contributed by atoms with Gasteiger partial charge in [-0.2, -0.15) is 0 Å². The molecule has 1 aliphatic heterocycles. The van der Waals surface area contributed by atoms with Crippen molar-refractivity contribution in [2.24, 2.45) is 0 Å². The minimum absolute atomic E-state index is 0.0000611. The van der Waals surface area contributed by atoms with Crippen LogP contribution in [0.1, 0.15) is 19.3 Å². The van der Waals surface area contributed by atoms with Crippen molar-refractivity contribution >= 4 is 39.2 Å². The Morgan fingerprint density at radius 1 is 1.13 bits per heavy atom. The average molecular weight is 442 g/mol. The summed E-state index contributed by atoms with van der Waals surface area (Å²) in [5.74, 6) is -0.981. The fraction of sp³-hybridized carbons (Fsp3) is 0.286. The van der Waals surface area contributed by atoms with E-state index in [-0.39, 0.29) is 16.5 Å². The SMILES string of the molecule is CN(c1ccccc1)S(=O)(=O)c1cccc(NC(=O)CN2C(=O)NC3(CCC3)C2=O)c1. The van der Waals surface area contributed by atoms with Crippen molar-refractivity contribution in [2.75, 3.05) is 23.2 Å². The molecule has 2 aromatic rings. The number of sulfonamides is 1. The number of amides is 4. The first-order chi connectivity index (χ1) is 14.7. The highest BCUT2D eigenvalue weighted by Crippen LogP contribution is 2.37. The van der Waals surface area contributed by atoms with E-state index in [1.807, 2.05) is 0 Å². The molecule has 4 amide bonds. The number of carbonyl (C=O) groups excluding carboxylic acids is 3. The molecule has 1 saturated heterocycles. The van der Waals surface area contributed by atoms with Crippen LogP contribution in [0.3, 0.4) is 0 Å². The van der Waals surface area contributed by atoms with Gasteiger partial charge in [0.15, 0.2) is 0 Å². The summed E-state index contributed by atoms with van der Waals surface area (Å²) in [5.41, 5.74) is -0.105. The van der Waals surface area contributed by atoms with Crippen molar-refractivity contribution in [2.45, 2.75) is 29.7 Å². The molecule has 9 nitrogen and oxygen atoms in total. The number of benzene rings is 2. The standard InChI is InChI=1S/C21H22N4O5S/c1-24(16-8-3-2-4-9-16)31(29,30)17-10-5-7-15(13-17)22-18(26)14-25-19(27)21(11-6-12-21)23-20(25)28/h2-5,7-10,13H,6,11-12,14H2,1H3,(H,22,26)(H,23,28). The monoisotopic (exact) mass is 442 g/mol. The molecular formula is C21H22N4O5S. The zero-order valence-corrected chi connectivity index (χ0v) is 17.7. The van der Waals surface area contributed by atoms with Crippen LogP contribution in [-0.4, -0.2) is 50.3 Å². The van der Waals surface area contributed by atoms with E-state index in [4.69, 9.17) is 0 Å². The largest absolute Gasteiger partial charge is 0.325 e. The number of rotatable bonds is 6. The highest BCUT2D eigenvalue weighted by Gasteiger charge is 2.54. The molecule has 4 rings (SSSR count). The Bertz CT molecular complexity index is 1150. The third kappa shape index (κ3) is 3.74. The molecule has 0 bridgehead atoms. The number of hydrogen-bond donors (Lipinski definition) is 2. The van der Waals surface area contributed by atoms with Crippen LogP contribution < -0.4 is 14.9 Å². The lowest BCUT2D eigenvalue weighted by Gasteiger charge is -2.34. The summed E-state index contributed by atoms with van der Waals surface area (Å²) in [6.07, 6.45) is 2.00. The summed E-state index contributed by atoms with van der Waals surface area (Å²) in [6, 6.07) is 13.9. The summed E-state index contributed by atoms with van der Waals surface area (Å²) in [7, 11) is -2.40. The summed E-state index contributed by atoms with van der Waals surface area (Å²) < 4.78 is 27.1. The van der Waals surface area contributed by atoms with E-state index in [9.17, 15) is 22.8 Å². The second-order valence-electron chi connectivity index (χ2n) is 7.64. The van der Waals surface area contributed by atoms with Crippen molar-refractivity contribution in [3.63, 3.8) is 0 Å². The first-order valence-corrected chi connectivity index (χ1v) is 11.2. The molecule has 1 aliphatic carbocycles. The fourth-order valence-corrected chi connectivity index (χ4v) is 4.94. The molecule has 0 atom stereocenters. The van der Waals surface area contributed by atoms with E-state index < -0.39 is 34.0 Å². The molecular weight excluding hydrogens is 420 g/mol. The van der Waals surface area contributed by atoms with Gasteiger partial charge in [-0.25, -0.2) is 13.2 Å². The number of nitrogens with one attached hydrogen (secondary N) is 2. The van der Waals surface area contributed by atoms with E-state index in [0.29, 0.717) is 18.5 Å². The number of para-hydroxylation sites is 1.